The Morgan fingerprint density at radius 3 is 2.56 bits per heavy atom. The Labute approximate surface area is 108 Å². The van der Waals surface area contributed by atoms with Crippen LogP contribution in [-0.4, -0.2) is 10.2 Å². The normalized spacial score (nSPS) is 11.1. The van der Waals surface area contributed by atoms with Gasteiger partial charge in [-0.2, -0.15) is 5.10 Å². The number of hydrogen-bond donors (Lipinski definition) is 1. The topological polar surface area (TPSA) is 28.7 Å². The number of aromatic nitrogens is 2. The van der Waals surface area contributed by atoms with Crippen molar-refractivity contribution in [2.24, 2.45) is 0 Å². The third-order valence-corrected chi connectivity index (χ3v) is 3.57. The van der Waals surface area contributed by atoms with Crippen molar-refractivity contribution in [1.29, 1.82) is 0 Å². The van der Waals surface area contributed by atoms with Gasteiger partial charge in [0.15, 0.2) is 0 Å². The maximum atomic E-state index is 6.14. The molecule has 0 bridgehead atoms. The first-order valence-electron chi connectivity index (χ1n) is 5.10. The highest BCUT2D eigenvalue weighted by Crippen LogP contribution is 2.35. The summed E-state index contributed by atoms with van der Waals surface area (Å²) in [4.78, 5) is 0. The molecule has 0 spiro atoms. The minimum Gasteiger partial charge on any atom is -0.281 e. The van der Waals surface area contributed by atoms with E-state index in [1.807, 2.05) is 24.3 Å². The van der Waals surface area contributed by atoms with Crippen LogP contribution in [0, 0.1) is 0 Å². The van der Waals surface area contributed by atoms with E-state index in [1.165, 1.54) is 0 Å². The van der Waals surface area contributed by atoms with Crippen molar-refractivity contribution < 1.29 is 0 Å². The lowest BCUT2D eigenvalue weighted by molar-refractivity contribution is 0.807. The molecule has 1 N–H and O–H groups in total. The molecule has 0 unspecified atom stereocenters. The first-order valence-corrected chi connectivity index (χ1v) is 6.27. The molecule has 0 aliphatic carbocycles. The van der Waals surface area contributed by atoms with Gasteiger partial charge in [0, 0.05) is 5.56 Å². The average Bonchev–Trinajstić information content (AvgIpc) is 2.61. The highest BCUT2D eigenvalue weighted by Gasteiger charge is 2.16. The summed E-state index contributed by atoms with van der Waals surface area (Å²) in [5.74, 6) is 0.401. The summed E-state index contributed by atoms with van der Waals surface area (Å²) in [6.45, 7) is 4.24. The number of halogens is 2. The Morgan fingerprint density at radius 1 is 1.31 bits per heavy atom. The maximum absolute atomic E-state index is 6.14. The molecule has 2 nitrogen and oxygen atoms in total. The van der Waals surface area contributed by atoms with Crippen LogP contribution < -0.4 is 0 Å². The lowest BCUT2D eigenvalue weighted by atomic mass is 10.1. The smallest absolute Gasteiger partial charge is 0.108 e. The molecule has 0 saturated carbocycles. The standard InChI is InChI=1S/C12H12BrClN2/c1-7(2)11-10(13)12(16-15-11)8-5-3-4-6-9(8)14/h3-7H,1-2H3,(H,15,16). The SMILES string of the molecule is CC(C)c1[nH]nc(-c2ccccc2Cl)c1Br. The average molecular weight is 300 g/mol. The summed E-state index contributed by atoms with van der Waals surface area (Å²) >= 11 is 9.72. The van der Waals surface area contributed by atoms with E-state index < -0.39 is 0 Å². The number of nitrogens with one attached hydrogen (secondary N) is 1. The van der Waals surface area contributed by atoms with E-state index in [0.29, 0.717) is 10.9 Å². The van der Waals surface area contributed by atoms with Crippen molar-refractivity contribution in [2.45, 2.75) is 19.8 Å². The van der Waals surface area contributed by atoms with E-state index in [4.69, 9.17) is 11.6 Å². The number of hydrogen-bond acceptors (Lipinski definition) is 1. The van der Waals surface area contributed by atoms with E-state index >= 15 is 0 Å². The molecule has 0 saturated heterocycles. The number of benzene rings is 1. The van der Waals surface area contributed by atoms with Crippen LogP contribution in [0.1, 0.15) is 25.5 Å². The highest BCUT2D eigenvalue weighted by atomic mass is 79.9. The molecular formula is C12H12BrClN2. The second kappa shape index (κ2) is 4.60. The Kier molecular flexibility index (Phi) is 3.36. The molecule has 84 valence electrons. The van der Waals surface area contributed by atoms with Crippen molar-refractivity contribution >= 4 is 27.5 Å². The van der Waals surface area contributed by atoms with Gasteiger partial charge >= 0.3 is 0 Å². The fraction of sp³-hybridized carbons (Fsp3) is 0.250. The van der Waals surface area contributed by atoms with Gasteiger partial charge in [0.25, 0.3) is 0 Å². The fourth-order valence-electron chi connectivity index (χ4n) is 1.56. The Balaban J connectivity index is 2.54. The number of rotatable bonds is 2. The number of nitrogens with zero attached hydrogens (tertiary/aromatic N) is 1. The molecule has 2 rings (SSSR count). The molecule has 16 heavy (non-hydrogen) atoms. The van der Waals surface area contributed by atoms with E-state index in [9.17, 15) is 0 Å². The van der Waals surface area contributed by atoms with Crippen LogP contribution in [0.2, 0.25) is 5.02 Å². The van der Waals surface area contributed by atoms with Gasteiger partial charge in [0.2, 0.25) is 0 Å². The quantitative estimate of drug-likeness (QED) is 0.861. The molecule has 0 aliphatic rings. The Hall–Kier alpha value is -0.800. The summed E-state index contributed by atoms with van der Waals surface area (Å²) in [6.07, 6.45) is 0. The summed E-state index contributed by atoms with van der Waals surface area (Å²) < 4.78 is 0.996. The zero-order valence-corrected chi connectivity index (χ0v) is 11.4. The summed E-state index contributed by atoms with van der Waals surface area (Å²) in [7, 11) is 0. The zero-order chi connectivity index (χ0) is 11.7. The molecule has 1 aromatic heterocycles. The lowest BCUT2D eigenvalue weighted by Gasteiger charge is -2.03. The minimum absolute atomic E-state index is 0.401. The summed E-state index contributed by atoms with van der Waals surface area (Å²) in [5, 5.41) is 8.07. The Bertz CT molecular complexity index is 505. The van der Waals surface area contributed by atoms with Crippen LogP contribution >= 0.6 is 27.5 Å². The third kappa shape index (κ3) is 2.02. The van der Waals surface area contributed by atoms with Gasteiger partial charge in [-0.05, 0) is 27.9 Å². The van der Waals surface area contributed by atoms with Crippen molar-refractivity contribution in [3.63, 3.8) is 0 Å². The first kappa shape index (κ1) is 11.7. The van der Waals surface area contributed by atoms with E-state index in [2.05, 4.69) is 40.0 Å². The molecule has 4 heteroatoms. The largest absolute Gasteiger partial charge is 0.281 e. The van der Waals surface area contributed by atoms with Crippen LogP contribution in [0.25, 0.3) is 11.3 Å². The summed E-state index contributed by atoms with van der Waals surface area (Å²) in [6, 6.07) is 7.70. The van der Waals surface area contributed by atoms with Crippen LogP contribution in [0.5, 0.6) is 0 Å². The zero-order valence-electron chi connectivity index (χ0n) is 9.09. The fourth-order valence-corrected chi connectivity index (χ4v) is 2.63. The van der Waals surface area contributed by atoms with Crippen molar-refractivity contribution in [3.8, 4) is 11.3 Å². The van der Waals surface area contributed by atoms with Gasteiger partial charge in [0.05, 0.1) is 15.2 Å². The number of H-pyrrole nitrogens is 1. The maximum Gasteiger partial charge on any atom is 0.108 e. The van der Waals surface area contributed by atoms with Crippen molar-refractivity contribution in [2.75, 3.05) is 0 Å². The number of aromatic amines is 1. The molecule has 1 heterocycles. The minimum atomic E-state index is 0.401. The van der Waals surface area contributed by atoms with Gasteiger partial charge in [-0.15, -0.1) is 0 Å². The van der Waals surface area contributed by atoms with Crippen LogP contribution in [0.15, 0.2) is 28.7 Å². The van der Waals surface area contributed by atoms with E-state index in [0.717, 1.165) is 21.4 Å². The van der Waals surface area contributed by atoms with Crippen LogP contribution in [0.4, 0.5) is 0 Å². The van der Waals surface area contributed by atoms with Gasteiger partial charge in [0.1, 0.15) is 5.69 Å². The highest BCUT2D eigenvalue weighted by molar-refractivity contribution is 9.10. The second-order valence-corrected chi connectivity index (χ2v) is 5.13. The first-order chi connectivity index (χ1) is 7.61. The third-order valence-electron chi connectivity index (χ3n) is 2.44. The predicted octanol–water partition coefficient (Wildman–Crippen LogP) is 4.62. The monoisotopic (exact) mass is 298 g/mol. The predicted molar refractivity (Wildman–Crippen MR) is 70.8 cm³/mol. The Morgan fingerprint density at radius 2 is 2.00 bits per heavy atom. The van der Waals surface area contributed by atoms with Crippen molar-refractivity contribution in [1.82, 2.24) is 10.2 Å². The van der Waals surface area contributed by atoms with Crippen LogP contribution in [0.3, 0.4) is 0 Å². The molecule has 0 atom stereocenters. The van der Waals surface area contributed by atoms with E-state index in [1.54, 1.807) is 0 Å². The second-order valence-electron chi connectivity index (χ2n) is 3.93. The molecule has 1 aromatic carbocycles. The molecule has 0 fully saturated rings. The molecule has 2 aromatic rings. The summed E-state index contributed by atoms with van der Waals surface area (Å²) in [5.41, 5.74) is 2.91. The molecule has 0 radical (unpaired) electrons. The molecule has 0 aliphatic heterocycles. The lowest BCUT2D eigenvalue weighted by Crippen LogP contribution is -1.87. The van der Waals surface area contributed by atoms with Gasteiger partial charge in [-0.3, -0.25) is 5.10 Å². The van der Waals surface area contributed by atoms with Crippen molar-refractivity contribution in [3.05, 3.63) is 39.5 Å². The molecule has 0 amide bonds. The van der Waals surface area contributed by atoms with Gasteiger partial charge in [-0.25, -0.2) is 0 Å². The molecular weight excluding hydrogens is 288 g/mol. The van der Waals surface area contributed by atoms with E-state index in [-0.39, 0.29) is 0 Å². The van der Waals surface area contributed by atoms with Gasteiger partial charge < -0.3 is 0 Å². The van der Waals surface area contributed by atoms with Crippen LogP contribution in [-0.2, 0) is 0 Å². The van der Waals surface area contributed by atoms with Gasteiger partial charge in [-0.1, -0.05) is 43.6 Å².